The predicted molar refractivity (Wildman–Crippen MR) is 91.4 cm³/mol. The van der Waals surface area contributed by atoms with Crippen LogP contribution in [0.4, 0.5) is 0 Å². The van der Waals surface area contributed by atoms with Gasteiger partial charge in [0.2, 0.25) is 0 Å². The number of thiophene rings is 1. The van der Waals surface area contributed by atoms with Crippen molar-refractivity contribution in [3.8, 4) is 10.4 Å². The predicted octanol–water partition coefficient (Wildman–Crippen LogP) is 4.27. The number of halogens is 2. The van der Waals surface area contributed by atoms with E-state index in [0.29, 0.717) is 27.9 Å². The fourth-order valence-electron chi connectivity index (χ4n) is 2.61. The van der Waals surface area contributed by atoms with E-state index in [1.165, 1.54) is 11.3 Å². The van der Waals surface area contributed by atoms with Gasteiger partial charge in [0, 0.05) is 28.0 Å². The molecule has 0 spiro atoms. The standard InChI is InChI=1S/C16H13Cl2NO3S/c17-11-5-10(6-12(18)7-11)13-1-2-14(23-13)15(20)19-4-3-9(8-19)16(21)22/h1-2,5-7,9H,3-4,8H2,(H,21,22). The lowest BCUT2D eigenvalue weighted by atomic mass is 10.1. The lowest BCUT2D eigenvalue weighted by molar-refractivity contribution is -0.141. The first kappa shape index (κ1) is 16.3. The van der Waals surface area contributed by atoms with Gasteiger partial charge < -0.3 is 10.0 Å². The topological polar surface area (TPSA) is 57.6 Å². The summed E-state index contributed by atoms with van der Waals surface area (Å²) in [6.07, 6.45) is 0.503. The SMILES string of the molecule is O=C(O)C1CCN(C(=O)c2ccc(-c3cc(Cl)cc(Cl)c3)s2)C1. The van der Waals surface area contributed by atoms with Gasteiger partial charge in [0.15, 0.2) is 0 Å². The van der Waals surface area contributed by atoms with Crippen LogP contribution in [0.15, 0.2) is 30.3 Å². The molecule has 0 saturated carbocycles. The monoisotopic (exact) mass is 369 g/mol. The van der Waals surface area contributed by atoms with Crippen LogP contribution < -0.4 is 0 Å². The lowest BCUT2D eigenvalue weighted by Gasteiger charge is -2.14. The molecule has 1 aromatic carbocycles. The maximum Gasteiger partial charge on any atom is 0.308 e. The fourth-order valence-corrected chi connectivity index (χ4v) is 4.09. The molecule has 120 valence electrons. The molecule has 0 bridgehead atoms. The zero-order valence-electron chi connectivity index (χ0n) is 12.0. The van der Waals surface area contributed by atoms with E-state index >= 15 is 0 Å². The molecule has 1 amide bonds. The minimum Gasteiger partial charge on any atom is -0.481 e. The molecule has 1 saturated heterocycles. The number of carboxylic acids is 1. The Bertz CT molecular complexity index is 754. The van der Waals surface area contributed by atoms with Crippen LogP contribution in [0.2, 0.25) is 10.0 Å². The van der Waals surface area contributed by atoms with Gasteiger partial charge in [0.05, 0.1) is 10.8 Å². The number of rotatable bonds is 3. The molecule has 23 heavy (non-hydrogen) atoms. The second-order valence-corrected chi connectivity index (χ2v) is 7.35. The number of aliphatic carboxylic acids is 1. The number of carbonyl (C=O) groups excluding carboxylic acids is 1. The first-order chi connectivity index (χ1) is 10.9. The van der Waals surface area contributed by atoms with Gasteiger partial charge in [-0.1, -0.05) is 23.2 Å². The van der Waals surface area contributed by atoms with Gasteiger partial charge in [-0.15, -0.1) is 11.3 Å². The lowest BCUT2D eigenvalue weighted by Crippen LogP contribution is -2.29. The number of hydrogen-bond donors (Lipinski definition) is 1. The summed E-state index contributed by atoms with van der Waals surface area (Å²) in [7, 11) is 0. The van der Waals surface area contributed by atoms with E-state index < -0.39 is 11.9 Å². The number of carboxylic acid groups (broad SMARTS) is 1. The summed E-state index contributed by atoms with van der Waals surface area (Å²) >= 11 is 13.4. The molecule has 1 aliphatic rings. The molecular weight excluding hydrogens is 357 g/mol. The average Bonchev–Trinajstić information content (AvgIpc) is 3.15. The van der Waals surface area contributed by atoms with Gasteiger partial charge in [0.1, 0.15) is 0 Å². The van der Waals surface area contributed by atoms with E-state index in [-0.39, 0.29) is 12.5 Å². The highest BCUT2D eigenvalue weighted by molar-refractivity contribution is 7.17. The Labute approximate surface area is 147 Å². The maximum absolute atomic E-state index is 12.5. The molecule has 2 aromatic rings. The fraction of sp³-hybridized carbons (Fsp3) is 0.250. The first-order valence-electron chi connectivity index (χ1n) is 7.02. The summed E-state index contributed by atoms with van der Waals surface area (Å²) in [5, 5.41) is 10.1. The number of nitrogens with zero attached hydrogens (tertiary/aromatic N) is 1. The van der Waals surface area contributed by atoms with Crippen molar-refractivity contribution >= 4 is 46.4 Å². The maximum atomic E-state index is 12.5. The molecule has 3 rings (SSSR count). The highest BCUT2D eigenvalue weighted by atomic mass is 35.5. The van der Waals surface area contributed by atoms with Crippen molar-refractivity contribution in [3.63, 3.8) is 0 Å². The van der Waals surface area contributed by atoms with Crippen molar-refractivity contribution in [1.29, 1.82) is 0 Å². The summed E-state index contributed by atoms with van der Waals surface area (Å²) in [5.41, 5.74) is 0.858. The molecule has 2 heterocycles. The van der Waals surface area contributed by atoms with Crippen molar-refractivity contribution in [2.24, 2.45) is 5.92 Å². The summed E-state index contributed by atoms with van der Waals surface area (Å²) in [5.74, 6) is -1.44. The molecule has 1 fully saturated rings. The first-order valence-corrected chi connectivity index (χ1v) is 8.59. The molecule has 7 heteroatoms. The number of hydrogen-bond acceptors (Lipinski definition) is 3. The van der Waals surface area contributed by atoms with E-state index in [1.807, 2.05) is 6.07 Å². The third-order valence-electron chi connectivity index (χ3n) is 3.79. The third-order valence-corrected chi connectivity index (χ3v) is 5.35. The summed E-state index contributed by atoms with van der Waals surface area (Å²) in [6, 6.07) is 8.85. The van der Waals surface area contributed by atoms with Crippen LogP contribution in [0.25, 0.3) is 10.4 Å². The zero-order valence-corrected chi connectivity index (χ0v) is 14.3. The highest BCUT2D eigenvalue weighted by Crippen LogP contribution is 2.33. The quantitative estimate of drug-likeness (QED) is 0.878. The van der Waals surface area contributed by atoms with Crippen molar-refractivity contribution in [3.05, 3.63) is 45.3 Å². The summed E-state index contributed by atoms with van der Waals surface area (Å²) in [6.45, 7) is 0.746. The van der Waals surface area contributed by atoms with Gasteiger partial charge in [-0.05, 0) is 42.3 Å². The van der Waals surface area contributed by atoms with Crippen molar-refractivity contribution in [2.45, 2.75) is 6.42 Å². The average molecular weight is 370 g/mol. The third kappa shape index (κ3) is 3.52. The van der Waals surface area contributed by atoms with Crippen LogP contribution in [0.3, 0.4) is 0 Å². The number of amides is 1. The van der Waals surface area contributed by atoms with Crippen LogP contribution >= 0.6 is 34.5 Å². The van der Waals surface area contributed by atoms with Crippen LogP contribution in [-0.4, -0.2) is 35.0 Å². The molecule has 1 unspecified atom stereocenters. The normalized spacial score (nSPS) is 17.5. The molecule has 1 atom stereocenters. The summed E-state index contributed by atoms with van der Waals surface area (Å²) in [4.78, 5) is 26.6. The Kier molecular flexibility index (Phi) is 4.62. The van der Waals surface area contributed by atoms with Crippen LogP contribution in [-0.2, 0) is 4.79 Å². The molecule has 1 aliphatic heterocycles. The number of likely N-dealkylation sites (tertiary alicyclic amines) is 1. The van der Waals surface area contributed by atoms with Crippen LogP contribution in [0.1, 0.15) is 16.1 Å². The molecule has 0 aliphatic carbocycles. The Morgan fingerprint density at radius 2 is 1.87 bits per heavy atom. The largest absolute Gasteiger partial charge is 0.481 e. The Morgan fingerprint density at radius 1 is 1.17 bits per heavy atom. The second-order valence-electron chi connectivity index (χ2n) is 5.40. The Morgan fingerprint density at radius 3 is 2.48 bits per heavy atom. The van der Waals surface area contributed by atoms with E-state index in [1.54, 1.807) is 29.2 Å². The van der Waals surface area contributed by atoms with Crippen molar-refractivity contribution in [1.82, 2.24) is 4.90 Å². The number of benzene rings is 1. The Balaban J connectivity index is 1.79. The van der Waals surface area contributed by atoms with Gasteiger partial charge in [-0.2, -0.15) is 0 Å². The molecule has 1 aromatic heterocycles. The van der Waals surface area contributed by atoms with Crippen molar-refractivity contribution < 1.29 is 14.7 Å². The molecule has 4 nitrogen and oxygen atoms in total. The van der Waals surface area contributed by atoms with Gasteiger partial charge in [0.25, 0.3) is 5.91 Å². The van der Waals surface area contributed by atoms with Gasteiger partial charge >= 0.3 is 5.97 Å². The molecule has 0 radical (unpaired) electrons. The van der Waals surface area contributed by atoms with Crippen LogP contribution in [0.5, 0.6) is 0 Å². The second kappa shape index (κ2) is 6.51. The van der Waals surface area contributed by atoms with E-state index in [4.69, 9.17) is 28.3 Å². The van der Waals surface area contributed by atoms with Gasteiger partial charge in [-0.25, -0.2) is 0 Å². The van der Waals surface area contributed by atoms with Crippen molar-refractivity contribution in [2.75, 3.05) is 13.1 Å². The van der Waals surface area contributed by atoms with E-state index in [9.17, 15) is 9.59 Å². The van der Waals surface area contributed by atoms with E-state index in [0.717, 1.165) is 10.4 Å². The number of carbonyl (C=O) groups is 2. The Hall–Kier alpha value is -1.56. The summed E-state index contributed by atoms with van der Waals surface area (Å²) < 4.78 is 0. The highest BCUT2D eigenvalue weighted by Gasteiger charge is 2.31. The molecule has 1 N–H and O–H groups in total. The zero-order chi connectivity index (χ0) is 16.6. The molecular formula is C16H13Cl2NO3S. The van der Waals surface area contributed by atoms with Crippen LogP contribution in [0, 0.1) is 5.92 Å². The smallest absolute Gasteiger partial charge is 0.308 e. The minimum absolute atomic E-state index is 0.127. The minimum atomic E-state index is -0.847. The van der Waals surface area contributed by atoms with E-state index in [2.05, 4.69) is 0 Å². The van der Waals surface area contributed by atoms with Gasteiger partial charge in [-0.3, -0.25) is 9.59 Å².